The number of nitrogens with one attached hydrogen (secondary N) is 1. The van der Waals surface area contributed by atoms with Crippen LogP contribution in [-0.2, 0) is 11.8 Å². The molecular weight excluding hydrogens is 470 g/mol. The van der Waals surface area contributed by atoms with E-state index in [1.807, 2.05) is 29.8 Å². The van der Waals surface area contributed by atoms with Gasteiger partial charge >= 0.3 is 5.97 Å². The largest absolute Gasteiger partial charge is 0.478 e. The van der Waals surface area contributed by atoms with E-state index in [1.54, 1.807) is 19.1 Å². The van der Waals surface area contributed by atoms with E-state index >= 15 is 0 Å². The first kappa shape index (κ1) is 20.3. The lowest BCUT2D eigenvalue weighted by Gasteiger charge is -2.10. The average molecular weight is 486 g/mol. The molecule has 2 N–H and O–H groups in total. The van der Waals surface area contributed by atoms with Gasteiger partial charge in [-0.1, -0.05) is 33.8 Å². The molecule has 0 aliphatic carbocycles. The molecule has 0 atom stereocenters. The minimum Gasteiger partial charge on any atom is -0.478 e. The zero-order valence-electron chi connectivity index (χ0n) is 16.0. The van der Waals surface area contributed by atoms with Crippen molar-refractivity contribution in [3.8, 4) is 0 Å². The predicted octanol–water partition coefficient (Wildman–Crippen LogP) is 4.02. The molecule has 10 heteroatoms. The van der Waals surface area contributed by atoms with E-state index in [4.69, 9.17) is 0 Å². The van der Waals surface area contributed by atoms with Crippen LogP contribution < -0.4 is 5.32 Å². The van der Waals surface area contributed by atoms with E-state index in [-0.39, 0.29) is 17.2 Å². The third kappa shape index (κ3) is 3.75. The fraction of sp³-hybridized carbons (Fsp3) is 0.150. The number of rotatable bonds is 5. The number of carbonyl (C=O) groups is 2. The highest BCUT2D eigenvalue weighted by Gasteiger charge is 2.15. The number of carbonyl (C=O) groups excluding carboxylic acids is 1. The number of thioether (sulfide) groups is 1. The van der Waals surface area contributed by atoms with E-state index in [0.717, 1.165) is 15.4 Å². The molecule has 2 heterocycles. The molecular formula is C20H16BrN5O3S. The second-order valence-corrected chi connectivity index (χ2v) is 8.47. The van der Waals surface area contributed by atoms with Gasteiger partial charge in [0.1, 0.15) is 5.52 Å². The van der Waals surface area contributed by atoms with Gasteiger partial charge in [0.05, 0.1) is 16.8 Å². The topological polar surface area (TPSA) is 110 Å². The summed E-state index contributed by atoms with van der Waals surface area (Å²) in [6.07, 6.45) is 0. The number of aryl methyl sites for hydroxylation is 1. The van der Waals surface area contributed by atoms with Crippen molar-refractivity contribution in [1.82, 2.24) is 19.7 Å². The number of hydrogen-bond acceptors (Lipinski definition) is 6. The molecule has 8 nitrogen and oxygen atoms in total. The summed E-state index contributed by atoms with van der Waals surface area (Å²) in [7, 11) is 1.91. The number of carboxylic acids is 1. The van der Waals surface area contributed by atoms with Crippen LogP contribution in [0.15, 0.2) is 46.0 Å². The van der Waals surface area contributed by atoms with Gasteiger partial charge in [-0.2, -0.15) is 0 Å². The second kappa shape index (κ2) is 8.04. The number of benzene rings is 2. The van der Waals surface area contributed by atoms with Crippen molar-refractivity contribution >= 4 is 67.3 Å². The maximum Gasteiger partial charge on any atom is 0.336 e. The van der Waals surface area contributed by atoms with Crippen LogP contribution in [0.2, 0.25) is 0 Å². The highest BCUT2D eigenvalue weighted by atomic mass is 79.9. The lowest BCUT2D eigenvalue weighted by Crippen LogP contribution is -2.16. The number of amides is 1. The van der Waals surface area contributed by atoms with Crippen molar-refractivity contribution in [3.63, 3.8) is 0 Å². The van der Waals surface area contributed by atoms with Crippen molar-refractivity contribution in [2.45, 2.75) is 12.1 Å². The van der Waals surface area contributed by atoms with Gasteiger partial charge in [0.25, 0.3) is 0 Å². The molecule has 2 aromatic carbocycles. The SMILES string of the molecule is Cc1c(NC(=O)CSc2nnc3c4cc(Br)ccc4n(C)c3n2)cccc1C(=O)O. The fourth-order valence-corrected chi connectivity index (χ4v) is 4.14. The molecule has 0 fully saturated rings. The quantitative estimate of drug-likeness (QED) is 0.410. The van der Waals surface area contributed by atoms with Gasteiger partial charge in [0.2, 0.25) is 11.1 Å². The normalized spacial score (nSPS) is 11.2. The van der Waals surface area contributed by atoms with E-state index in [0.29, 0.717) is 27.6 Å². The highest BCUT2D eigenvalue weighted by molar-refractivity contribution is 9.10. The molecule has 152 valence electrons. The van der Waals surface area contributed by atoms with E-state index in [9.17, 15) is 14.7 Å². The van der Waals surface area contributed by atoms with Crippen molar-refractivity contribution in [1.29, 1.82) is 0 Å². The highest BCUT2D eigenvalue weighted by Crippen LogP contribution is 2.28. The smallest absolute Gasteiger partial charge is 0.336 e. The average Bonchev–Trinajstić information content (AvgIpc) is 2.99. The molecule has 0 saturated heterocycles. The minimum absolute atomic E-state index is 0.0689. The van der Waals surface area contributed by atoms with Gasteiger partial charge < -0.3 is 15.0 Å². The maximum absolute atomic E-state index is 12.4. The number of aromatic nitrogens is 4. The maximum atomic E-state index is 12.4. The summed E-state index contributed by atoms with van der Waals surface area (Å²) < 4.78 is 2.89. The summed E-state index contributed by atoms with van der Waals surface area (Å²) in [5.41, 5.74) is 3.50. The molecule has 0 bridgehead atoms. The van der Waals surface area contributed by atoms with Crippen LogP contribution in [0.3, 0.4) is 0 Å². The summed E-state index contributed by atoms with van der Waals surface area (Å²) >= 11 is 4.63. The molecule has 4 rings (SSSR count). The molecule has 2 aromatic heterocycles. The van der Waals surface area contributed by atoms with Crippen molar-refractivity contribution < 1.29 is 14.7 Å². The van der Waals surface area contributed by atoms with Gasteiger partial charge in [-0.15, -0.1) is 10.2 Å². The summed E-state index contributed by atoms with van der Waals surface area (Å²) in [6, 6.07) is 10.7. The number of nitrogens with zero attached hydrogens (tertiary/aromatic N) is 4. The third-order valence-corrected chi connectivity index (χ3v) is 6.04. The lowest BCUT2D eigenvalue weighted by molar-refractivity contribution is -0.113. The Morgan fingerprint density at radius 1 is 1.23 bits per heavy atom. The molecule has 0 saturated carbocycles. The molecule has 0 unspecified atom stereocenters. The first-order valence-corrected chi connectivity index (χ1v) is 10.7. The van der Waals surface area contributed by atoms with Crippen LogP contribution in [0, 0.1) is 6.92 Å². The Balaban J connectivity index is 1.52. The number of fused-ring (bicyclic) bond motifs is 3. The standard InChI is InChI=1S/C20H16BrN5O3S/c1-10-12(19(28)29)4-3-5-14(10)22-16(27)9-30-20-23-18-17(24-25-20)13-8-11(21)6-7-15(13)26(18)2/h3-8H,9H2,1-2H3,(H,22,27)(H,28,29). The first-order chi connectivity index (χ1) is 14.3. The lowest BCUT2D eigenvalue weighted by atomic mass is 10.1. The van der Waals surface area contributed by atoms with Crippen LogP contribution in [-0.4, -0.2) is 42.5 Å². The van der Waals surface area contributed by atoms with E-state index < -0.39 is 5.97 Å². The zero-order valence-corrected chi connectivity index (χ0v) is 18.4. The minimum atomic E-state index is -1.03. The molecule has 0 aliphatic rings. The monoisotopic (exact) mass is 485 g/mol. The van der Waals surface area contributed by atoms with Gasteiger partial charge in [-0.3, -0.25) is 4.79 Å². The molecule has 0 radical (unpaired) electrons. The molecule has 1 amide bonds. The zero-order chi connectivity index (χ0) is 21.4. The Hall–Kier alpha value is -2.98. The summed E-state index contributed by atoms with van der Waals surface area (Å²) in [6.45, 7) is 1.66. The van der Waals surface area contributed by atoms with Crippen molar-refractivity contribution in [2.75, 3.05) is 11.1 Å². The Labute approximate surface area is 183 Å². The number of anilines is 1. The Bertz CT molecular complexity index is 1320. The van der Waals surface area contributed by atoms with Gasteiger partial charge in [-0.25, -0.2) is 9.78 Å². The number of halogens is 1. The number of hydrogen-bond donors (Lipinski definition) is 2. The first-order valence-electron chi connectivity index (χ1n) is 8.89. The van der Waals surface area contributed by atoms with Crippen molar-refractivity contribution in [3.05, 3.63) is 52.0 Å². The van der Waals surface area contributed by atoms with Crippen LogP contribution in [0.1, 0.15) is 15.9 Å². The number of carboxylic acid groups (broad SMARTS) is 1. The van der Waals surface area contributed by atoms with Crippen LogP contribution in [0.4, 0.5) is 5.69 Å². The van der Waals surface area contributed by atoms with Crippen molar-refractivity contribution in [2.24, 2.45) is 7.05 Å². The molecule has 4 aromatic rings. The number of aromatic carboxylic acids is 1. The Kier molecular flexibility index (Phi) is 5.44. The van der Waals surface area contributed by atoms with Gasteiger partial charge in [0.15, 0.2) is 5.65 Å². The summed E-state index contributed by atoms with van der Waals surface area (Å²) in [5.74, 6) is -1.25. The second-order valence-electron chi connectivity index (χ2n) is 6.61. The van der Waals surface area contributed by atoms with Gasteiger partial charge in [0, 0.05) is 22.6 Å². The van der Waals surface area contributed by atoms with E-state index in [2.05, 4.69) is 36.4 Å². The van der Waals surface area contributed by atoms with Crippen LogP contribution in [0.5, 0.6) is 0 Å². The van der Waals surface area contributed by atoms with Crippen LogP contribution in [0.25, 0.3) is 22.1 Å². The predicted molar refractivity (Wildman–Crippen MR) is 119 cm³/mol. The van der Waals surface area contributed by atoms with E-state index in [1.165, 1.54) is 17.8 Å². The van der Waals surface area contributed by atoms with Crippen LogP contribution >= 0.6 is 27.7 Å². The molecule has 30 heavy (non-hydrogen) atoms. The Morgan fingerprint density at radius 2 is 2.03 bits per heavy atom. The summed E-state index contributed by atoms with van der Waals surface area (Å²) in [5, 5.41) is 21.7. The summed E-state index contributed by atoms with van der Waals surface area (Å²) in [4.78, 5) is 28.2. The molecule has 0 aliphatic heterocycles. The van der Waals surface area contributed by atoms with Gasteiger partial charge in [-0.05, 0) is 42.8 Å². The fourth-order valence-electron chi connectivity index (χ4n) is 3.20. The molecule has 0 spiro atoms. The third-order valence-electron chi connectivity index (χ3n) is 4.71. The Morgan fingerprint density at radius 3 is 2.80 bits per heavy atom.